The molecule has 0 saturated carbocycles. The third-order valence-electron chi connectivity index (χ3n) is 4.92. The zero-order valence-corrected chi connectivity index (χ0v) is 17.2. The van der Waals surface area contributed by atoms with Gasteiger partial charge < -0.3 is 16.4 Å². The van der Waals surface area contributed by atoms with E-state index >= 15 is 0 Å². The van der Waals surface area contributed by atoms with Crippen molar-refractivity contribution in [1.82, 2.24) is 19.9 Å². The highest BCUT2D eigenvalue weighted by Crippen LogP contribution is 2.07. The number of benzene rings is 1. The number of carbonyl (C=O) groups is 1. The first-order chi connectivity index (χ1) is 14.8. The maximum Gasteiger partial charge on any atom is 0.293 e. The molecule has 5 N–H and O–H groups in total. The average molecular weight is 431 g/mol. The third kappa shape index (κ3) is 6.01. The summed E-state index contributed by atoms with van der Waals surface area (Å²) in [6.45, 7) is 2.60. The minimum absolute atomic E-state index is 0.146. The fourth-order valence-corrected chi connectivity index (χ4v) is 3.19. The summed E-state index contributed by atoms with van der Waals surface area (Å²) >= 11 is 0. The van der Waals surface area contributed by atoms with Crippen LogP contribution in [0.3, 0.4) is 0 Å². The third-order valence-corrected chi connectivity index (χ3v) is 4.92. The van der Waals surface area contributed by atoms with E-state index in [4.69, 9.17) is 16.0 Å². The predicted molar refractivity (Wildman–Crippen MR) is 113 cm³/mol. The van der Waals surface area contributed by atoms with E-state index in [9.17, 15) is 14.0 Å². The summed E-state index contributed by atoms with van der Waals surface area (Å²) in [5.41, 5.74) is 6.47. The smallest absolute Gasteiger partial charge is 0.293 e. The summed E-state index contributed by atoms with van der Waals surface area (Å²) in [5.74, 6) is -0.644. The Morgan fingerprint density at radius 2 is 2.13 bits per heavy atom. The number of aryl methyl sites for hydroxylation is 1. The summed E-state index contributed by atoms with van der Waals surface area (Å²) in [4.78, 5) is 34.7. The van der Waals surface area contributed by atoms with Gasteiger partial charge in [-0.2, -0.15) is 0 Å². The van der Waals surface area contributed by atoms with Crippen molar-refractivity contribution in [2.75, 3.05) is 25.0 Å². The van der Waals surface area contributed by atoms with E-state index in [1.54, 1.807) is 19.1 Å². The minimum Gasteiger partial charge on any atom is -0.368 e. The Labute approximate surface area is 178 Å². The number of hydroxylamine groups is 2. The highest BCUT2D eigenvalue weighted by atomic mass is 19.1. The van der Waals surface area contributed by atoms with Crippen LogP contribution >= 0.6 is 0 Å². The molecule has 166 valence electrons. The number of nitrogens with zero attached hydrogens (tertiary/aromatic N) is 3. The van der Waals surface area contributed by atoms with E-state index in [1.807, 2.05) is 0 Å². The number of anilines is 1. The molecule has 1 saturated heterocycles. The Kier molecular flexibility index (Phi) is 7.19. The quantitative estimate of drug-likeness (QED) is 0.367. The van der Waals surface area contributed by atoms with Gasteiger partial charge in [0.05, 0.1) is 19.2 Å². The second-order valence-electron chi connectivity index (χ2n) is 7.28. The van der Waals surface area contributed by atoms with E-state index < -0.39 is 5.56 Å². The van der Waals surface area contributed by atoms with Gasteiger partial charge in [0.15, 0.2) is 5.82 Å². The van der Waals surface area contributed by atoms with E-state index in [2.05, 4.69) is 15.6 Å². The Hall–Kier alpha value is -3.47. The first-order valence-corrected chi connectivity index (χ1v) is 9.92. The predicted octanol–water partition coefficient (Wildman–Crippen LogP) is 0.361. The number of nitrogens with two attached hydrogens (primary N) is 1. The van der Waals surface area contributed by atoms with Crippen LogP contribution in [0.15, 0.2) is 35.3 Å². The SMILES string of the molecule is Cc1cnc(NCCc2ccc(F)cc2)c(=O)n1CC(=O)NC1CCN(C(=N)N)OC1. The maximum atomic E-state index is 13.0. The molecule has 10 nitrogen and oxygen atoms in total. The number of rotatable bonds is 7. The fraction of sp³-hybridized carbons (Fsp3) is 0.400. The van der Waals surface area contributed by atoms with Crippen molar-refractivity contribution in [3.05, 3.63) is 57.9 Å². The van der Waals surface area contributed by atoms with Crippen LogP contribution in [-0.2, 0) is 22.6 Å². The van der Waals surface area contributed by atoms with Gasteiger partial charge in [-0.25, -0.2) is 14.4 Å². The number of carbonyl (C=O) groups excluding carboxylic acids is 1. The van der Waals surface area contributed by atoms with Gasteiger partial charge in [-0.15, -0.1) is 0 Å². The lowest BCUT2D eigenvalue weighted by atomic mass is 10.1. The molecule has 0 bridgehead atoms. The standard InChI is InChI=1S/C20H26FN7O3/c1-13-10-25-18(24-8-6-14-2-4-15(21)5-3-14)19(30)27(13)11-17(29)26-16-7-9-28(20(22)23)31-12-16/h2-5,10,16H,6-9,11-12H2,1H3,(H3,22,23)(H,24,25)(H,26,29). The summed E-state index contributed by atoms with van der Waals surface area (Å²) in [6.07, 6.45) is 2.70. The molecule has 1 atom stereocenters. The Morgan fingerprint density at radius 1 is 1.39 bits per heavy atom. The van der Waals surface area contributed by atoms with Gasteiger partial charge in [0, 0.05) is 18.4 Å². The van der Waals surface area contributed by atoms with Crippen molar-refractivity contribution in [2.45, 2.75) is 32.4 Å². The van der Waals surface area contributed by atoms with Gasteiger partial charge in [-0.05, 0) is 37.5 Å². The van der Waals surface area contributed by atoms with Crippen molar-refractivity contribution in [1.29, 1.82) is 5.41 Å². The normalized spacial score (nSPS) is 16.1. The molecule has 3 rings (SSSR count). The molecule has 2 aromatic rings. The van der Waals surface area contributed by atoms with Crippen molar-refractivity contribution >= 4 is 17.7 Å². The van der Waals surface area contributed by atoms with E-state index in [-0.39, 0.29) is 42.7 Å². The molecule has 1 amide bonds. The summed E-state index contributed by atoms with van der Waals surface area (Å²) < 4.78 is 14.3. The summed E-state index contributed by atoms with van der Waals surface area (Å²) in [6, 6.07) is 5.92. The average Bonchev–Trinajstić information content (AvgIpc) is 2.74. The highest BCUT2D eigenvalue weighted by molar-refractivity contribution is 5.76. The lowest BCUT2D eigenvalue weighted by molar-refractivity contribution is -0.143. The monoisotopic (exact) mass is 431 g/mol. The maximum absolute atomic E-state index is 13.0. The van der Waals surface area contributed by atoms with Gasteiger partial charge in [0.25, 0.3) is 5.56 Å². The second-order valence-corrected chi connectivity index (χ2v) is 7.28. The molecule has 1 aromatic carbocycles. The Balaban J connectivity index is 1.56. The van der Waals surface area contributed by atoms with Crippen molar-refractivity contribution < 1.29 is 14.0 Å². The van der Waals surface area contributed by atoms with Gasteiger partial charge in [0.2, 0.25) is 11.9 Å². The Morgan fingerprint density at radius 3 is 2.77 bits per heavy atom. The molecular weight excluding hydrogens is 405 g/mol. The molecule has 0 radical (unpaired) electrons. The van der Waals surface area contributed by atoms with Crippen LogP contribution in [0.2, 0.25) is 0 Å². The first-order valence-electron chi connectivity index (χ1n) is 9.92. The number of hydrogen-bond acceptors (Lipinski definition) is 6. The lowest BCUT2D eigenvalue weighted by Crippen LogP contribution is -2.50. The molecule has 2 heterocycles. The highest BCUT2D eigenvalue weighted by Gasteiger charge is 2.23. The summed E-state index contributed by atoms with van der Waals surface area (Å²) in [7, 11) is 0. The van der Waals surface area contributed by atoms with Gasteiger partial charge in [-0.1, -0.05) is 12.1 Å². The number of nitrogens with one attached hydrogen (secondary N) is 3. The van der Waals surface area contributed by atoms with Crippen LogP contribution in [-0.4, -0.2) is 52.2 Å². The molecule has 11 heteroatoms. The number of hydrogen-bond donors (Lipinski definition) is 4. The van der Waals surface area contributed by atoms with Crippen molar-refractivity contribution in [3.63, 3.8) is 0 Å². The molecule has 1 aliphatic rings. The molecule has 1 unspecified atom stereocenters. The van der Waals surface area contributed by atoms with Crippen LogP contribution in [0.5, 0.6) is 0 Å². The molecular formula is C20H26FN7O3. The second kappa shape index (κ2) is 10.0. The summed E-state index contributed by atoms with van der Waals surface area (Å²) in [5, 5.41) is 14.4. The molecule has 0 aliphatic carbocycles. The molecule has 1 aliphatic heterocycles. The number of guanidine groups is 1. The molecule has 1 fully saturated rings. The largest absolute Gasteiger partial charge is 0.368 e. The van der Waals surface area contributed by atoms with E-state index in [0.29, 0.717) is 31.6 Å². The van der Waals surface area contributed by atoms with Crippen LogP contribution < -0.4 is 21.9 Å². The van der Waals surface area contributed by atoms with Crippen molar-refractivity contribution in [2.24, 2.45) is 5.73 Å². The molecule has 0 spiro atoms. The van der Waals surface area contributed by atoms with Crippen LogP contribution in [0.25, 0.3) is 0 Å². The van der Waals surface area contributed by atoms with Crippen LogP contribution in [0.1, 0.15) is 17.7 Å². The van der Waals surface area contributed by atoms with E-state index in [0.717, 1.165) is 5.56 Å². The lowest BCUT2D eigenvalue weighted by Gasteiger charge is -2.31. The number of aromatic nitrogens is 2. The van der Waals surface area contributed by atoms with E-state index in [1.165, 1.54) is 28.0 Å². The number of amides is 1. The first kappa shape index (κ1) is 22.2. The Bertz CT molecular complexity index is 985. The molecule has 31 heavy (non-hydrogen) atoms. The minimum atomic E-state index is -0.392. The molecule has 1 aromatic heterocycles. The topological polar surface area (TPSA) is 138 Å². The zero-order valence-electron chi connectivity index (χ0n) is 17.2. The zero-order chi connectivity index (χ0) is 22.4. The van der Waals surface area contributed by atoms with Crippen molar-refractivity contribution in [3.8, 4) is 0 Å². The fourth-order valence-electron chi connectivity index (χ4n) is 3.19. The van der Waals surface area contributed by atoms with Crippen LogP contribution in [0.4, 0.5) is 10.2 Å². The van der Waals surface area contributed by atoms with Crippen LogP contribution in [0, 0.1) is 18.2 Å². The van der Waals surface area contributed by atoms with Gasteiger partial charge >= 0.3 is 0 Å². The number of halogens is 1. The van der Waals surface area contributed by atoms with Gasteiger partial charge in [0.1, 0.15) is 12.4 Å². The van der Waals surface area contributed by atoms with Gasteiger partial charge in [-0.3, -0.25) is 24.4 Å².